The molecule has 1 aliphatic heterocycles. The zero-order valence-corrected chi connectivity index (χ0v) is 12.8. The number of carbonyl (C=O) groups is 2. The van der Waals surface area contributed by atoms with Crippen molar-refractivity contribution in [2.24, 2.45) is 0 Å². The number of hydrogen-bond acceptors (Lipinski definition) is 2. The van der Waals surface area contributed by atoms with Crippen molar-refractivity contribution in [2.75, 3.05) is 11.4 Å². The molecule has 3 rings (SSSR count). The number of carbonyl (C=O) groups excluding carboxylic acids is 2. The Kier molecular flexibility index (Phi) is 4.10. The van der Waals surface area contributed by atoms with Crippen molar-refractivity contribution in [3.05, 3.63) is 65.5 Å². The van der Waals surface area contributed by atoms with Crippen LogP contribution >= 0.6 is 0 Å². The second-order valence-electron chi connectivity index (χ2n) is 5.69. The standard InChI is InChI=1S/C18H17FN2O2/c1-12-6-8-14(9-7-12)21-11-13(10-17(21)22)20-18(23)15-4-2-3-5-16(15)19/h2-9,13H,10-11H2,1H3,(H,20,23). The third-order valence-corrected chi connectivity index (χ3v) is 3.92. The summed E-state index contributed by atoms with van der Waals surface area (Å²) in [6, 6.07) is 13.1. The fourth-order valence-electron chi connectivity index (χ4n) is 2.69. The van der Waals surface area contributed by atoms with Crippen molar-refractivity contribution < 1.29 is 14.0 Å². The minimum absolute atomic E-state index is 0.00580. The second-order valence-corrected chi connectivity index (χ2v) is 5.69. The number of anilines is 1. The van der Waals surface area contributed by atoms with Crippen LogP contribution < -0.4 is 10.2 Å². The van der Waals surface area contributed by atoms with E-state index in [0.29, 0.717) is 6.54 Å². The number of nitrogens with zero attached hydrogens (tertiary/aromatic N) is 1. The van der Waals surface area contributed by atoms with Gasteiger partial charge < -0.3 is 10.2 Å². The van der Waals surface area contributed by atoms with Crippen molar-refractivity contribution in [1.82, 2.24) is 5.32 Å². The van der Waals surface area contributed by atoms with Gasteiger partial charge in [-0.3, -0.25) is 9.59 Å². The molecule has 1 aliphatic rings. The van der Waals surface area contributed by atoms with E-state index in [1.54, 1.807) is 11.0 Å². The Morgan fingerprint density at radius 1 is 1.17 bits per heavy atom. The molecule has 0 aliphatic carbocycles. The molecule has 1 unspecified atom stereocenters. The summed E-state index contributed by atoms with van der Waals surface area (Å²) in [4.78, 5) is 25.9. The van der Waals surface area contributed by atoms with Gasteiger partial charge in [0.25, 0.3) is 5.91 Å². The van der Waals surface area contributed by atoms with E-state index < -0.39 is 11.7 Å². The van der Waals surface area contributed by atoms with E-state index >= 15 is 0 Å². The highest BCUT2D eigenvalue weighted by Crippen LogP contribution is 2.22. The first-order valence-corrected chi connectivity index (χ1v) is 7.47. The van der Waals surface area contributed by atoms with Crippen LogP contribution in [0.2, 0.25) is 0 Å². The maximum atomic E-state index is 13.6. The van der Waals surface area contributed by atoms with Gasteiger partial charge in [-0.05, 0) is 31.2 Å². The Hall–Kier alpha value is -2.69. The average Bonchev–Trinajstić information content (AvgIpc) is 2.89. The third kappa shape index (κ3) is 3.23. The van der Waals surface area contributed by atoms with E-state index in [1.807, 2.05) is 31.2 Å². The summed E-state index contributed by atoms with van der Waals surface area (Å²) in [5.41, 5.74) is 1.92. The summed E-state index contributed by atoms with van der Waals surface area (Å²) in [6.45, 7) is 2.37. The lowest BCUT2D eigenvalue weighted by molar-refractivity contribution is -0.117. The molecule has 1 atom stereocenters. The monoisotopic (exact) mass is 312 g/mol. The van der Waals surface area contributed by atoms with Gasteiger partial charge in [0.15, 0.2) is 0 Å². The van der Waals surface area contributed by atoms with E-state index in [2.05, 4.69) is 5.32 Å². The van der Waals surface area contributed by atoms with Gasteiger partial charge in [-0.25, -0.2) is 4.39 Å². The summed E-state index contributed by atoms with van der Waals surface area (Å²) in [7, 11) is 0. The quantitative estimate of drug-likeness (QED) is 0.947. The largest absolute Gasteiger partial charge is 0.347 e. The SMILES string of the molecule is Cc1ccc(N2CC(NC(=O)c3ccccc3F)CC2=O)cc1. The molecule has 23 heavy (non-hydrogen) atoms. The fraction of sp³-hybridized carbons (Fsp3) is 0.222. The predicted molar refractivity (Wildman–Crippen MR) is 85.8 cm³/mol. The number of benzene rings is 2. The molecular weight excluding hydrogens is 295 g/mol. The lowest BCUT2D eigenvalue weighted by Crippen LogP contribution is -2.37. The Labute approximate surface area is 133 Å². The maximum absolute atomic E-state index is 13.6. The molecule has 1 heterocycles. The molecule has 0 spiro atoms. The molecule has 0 saturated carbocycles. The molecule has 0 radical (unpaired) electrons. The summed E-state index contributed by atoms with van der Waals surface area (Å²) in [5.74, 6) is -1.11. The fourth-order valence-corrected chi connectivity index (χ4v) is 2.69. The van der Waals surface area contributed by atoms with E-state index in [9.17, 15) is 14.0 Å². The van der Waals surface area contributed by atoms with Crippen LogP contribution in [0.1, 0.15) is 22.3 Å². The van der Waals surface area contributed by atoms with Crippen LogP contribution in [-0.2, 0) is 4.79 Å². The van der Waals surface area contributed by atoms with Gasteiger partial charge in [0.05, 0.1) is 11.6 Å². The first-order valence-electron chi connectivity index (χ1n) is 7.47. The van der Waals surface area contributed by atoms with E-state index in [1.165, 1.54) is 18.2 Å². The summed E-state index contributed by atoms with van der Waals surface area (Å²) in [5, 5.41) is 2.74. The van der Waals surface area contributed by atoms with Crippen LogP contribution in [0.25, 0.3) is 0 Å². The van der Waals surface area contributed by atoms with Crippen LogP contribution in [0.5, 0.6) is 0 Å². The molecule has 2 aromatic rings. The third-order valence-electron chi connectivity index (χ3n) is 3.92. The minimum atomic E-state index is -0.565. The smallest absolute Gasteiger partial charge is 0.254 e. The second kappa shape index (κ2) is 6.20. The van der Waals surface area contributed by atoms with Gasteiger partial charge in [0, 0.05) is 18.7 Å². The number of aryl methyl sites for hydroxylation is 1. The first-order chi connectivity index (χ1) is 11.0. The van der Waals surface area contributed by atoms with Crippen LogP contribution in [0.3, 0.4) is 0 Å². The van der Waals surface area contributed by atoms with Gasteiger partial charge >= 0.3 is 0 Å². The number of rotatable bonds is 3. The topological polar surface area (TPSA) is 49.4 Å². The molecule has 4 nitrogen and oxygen atoms in total. The van der Waals surface area contributed by atoms with Crippen molar-refractivity contribution in [1.29, 1.82) is 0 Å². The zero-order valence-electron chi connectivity index (χ0n) is 12.8. The lowest BCUT2D eigenvalue weighted by Gasteiger charge is -2.17. The van der Waals surface area contributed by atoms with Gasteiger partial charge in [-0.15, -0.1) is 0 Å². The van der Waals surface area contributed by atoms with Crippen LogP contribution in [0.4, 0.5) is 10.1 Å². The molecule has 1 fully saturated rings. The van der Waals surface area contributed by atoms with Gasteiger partial charge in [-0.1, -0.05) is 29.8 Å². The molecule has 5 heteroatoms. The summed E-state index contributed by atoms with van der Waals surface area (Å²) in [6.07, 6.45) is 0.216. The van der Waals surface area contributed by atoms with Crippen molar-refractivity contribution in [3.8, 4) is 0 Å². The summed E-state index contributed by atoms with van der Waals surface area (Å²) < 4.78 is 13.6. The Balaban J connectivity index is 1.69. The zero-order chi connectivity index (χ0) is 16.4. The van der Waals surface area contributed by atoms with Crippen molar-refractivity contribution >= 4 is 17.5 Å². The Morgan fingerprint density at radius 3 is 2.57 bits per heavy atom. The van der Waals surface area contributed by atoms with Crippen LogP contribution in [0.15, 0.2) is 48.5 Å². The highest BCUT2D eigenvalue weighted by atomic mass is 19.1. The number of hydrogen-bond donors (Lipinski definition) is 1. The maximum Gasteiger partial charge on any atom is 0.254 e. The molecular formula is C18H17FN2O2. The lowest BCUT2D eigenvalue weighted by atomic mass is 10.1. The van der Waals surface area contributed by atoms with Gasteiger partial charge in [-0.2, -0.15) is 0 Å². The molecule has 118 valence electrons. The molecule has 1 saturated heterocycles. The highest BCUT2D eigenvalue weighted by molar-refractivity contribution is 5.99. The number of halogens is 1. The Bertz CT molecular complexity index is 743. The predicted octanol–water partition coefficient (Wildman–Crippen LogP) is 2.67. The molecule has 2 amide bonds. The molecule has 2 aromatic carbocycles. The normalized spacial score (nSPS) is 17.4. The number of amides is 2. The van der Waals surface area contributed by atoms with Crippen molar-refractivity contribution in [3.63, 3.8) is 0 Å². The van der Waals surface area contributed by atoms with Crippen LogP contribution in [-0.4, -0.2) is 24.4 Å². The van der Waals surface area contributed by atoms with Crippen molar-refractivity contribution in [2.45, 2.75) is 19.4 Å². The highest BCUT2D eigenvalue weighted by Gasteiger charge is 2.32. The van der Waals surface area contributed by atoms with E-state index in [0.717, 1.165) is 11.3 Å². The average molecular weight is 312 g/mol. The summed E-state index contributed by atoms with van der Waals surface area (Å²) >= 11 is 0. The number of nitrogens with one attached hydrogen (secondary N) is 1. The molecule has 1 N–H and O–H groups in total. The van der Waals surface area contributed by atoms with Gasteiger partial charge in [0.1, 0.15) is 5.82 Å². The minimum Gasteiger partial charge on any atom is -0.347 e. The first kappa shape index (κ1) is 15.2. The van der Waals surface area contributed by atoms with Gasteiger partial charge in [0.2, 0.25) is 5.91 Å². The molecule has 0 aromatic heterocycles. The molecule has 0 bridgehead atoms. The van der Waals surface area contributed by atoms with Crippen LogP contribution in [0, 0.1) is 12.7 Å². The Morgan fingerprint density at radius 2 is 1.87 bits per heavy atom. The van der Waals surface area contributed by atoms with E-state index in [-0.39, 0.29) is 23.9 Å². The van der Waals surface area contributed by atoms with E-state index in [4.69, 9.17) is 0 Å².